The number of carbonyl (C=O) groups is 2. The molecule has 0 spiro atoms. The van der Waals surface area contributed by atoms with Crippen molar-refractivity contribution in [1.29, 1.82) is 0 Å². The molecule has 0 aliphatic carbocycles. The molecule has 3 amide bonds. The first-order valence-corrected chi connectivity index (χ1v) is 9.76. The number of fused-ring (bicyclic) bond motifs is 1. The van der Waals surface area contributed by atoms with E-state index in [1.165, 1.54) is 5.56 Å². The lowest BCUT2D eigenvalue weighted by atomic mass is 10.0. The van der Waals surface area contributed by atoms with E-state index < -0.39 is 0 Å². The lowest BCUT2D eigenvalue weighted by Gasteiger charge is -2.16. The van der Waals surface area contributed by atoms with Crippen LogP contribution in [0.4, 0.5) is 4.79 Å². The number of nitrogens with one attached hydrogen (secondary N) is 3. The molecule has 3 rings (SSSR count). The summed E-state index contributed by atoms with van der Waals surface area (Å²) in [5, 5.41) is 9.44. The maximum atomic E-state index is 11.9. The zero-order chi connectivity index (χ0) is 16.8. The molecular formula is C18H25N3O2S. The number of benzene rings is 1. The maximum absolute atomic E-state index is 11.9. The molecule has 0 radical (unpaired) electrons. The van der Waals surface area contributed by atoms with Gasteiger partial charge in [0, 0.05) is 24.0 Å². The second-order valence-corrected chi connectivity index (χ2v) is 7.73. The number of hydrogen-bond acceptors (Lipinski definition) is 3. The van der Waals surface area contributed by atoms with Gasteiger partial charge in [0.15, 0.2) is 0 Å². The molecule has 2 fully saturated rings. The molecule has 2 aliphatic heterocycles. The summed E-state index contributed by atoms with van der Waals surface area (Å²) in [6, 6.07) is 10.7. The Labute approximate surface area is 147 Å². The van der Waals surface area contributed by atoms with E-state index in [2.05, 4.69) is 28.1 Å². The molecule has 3 N–H and O–H groups in total. The van der Waals surface area contributed by atoms with Gasteiger partial charge < -0.3 is 16.0 Å². The largest absolute Gasteiger partial charge is 0.356 e. The third-order valence-corrected chi connectivity index (χ3v) is 6.17. The Morgan fingerprint density at radius 2 is 2.04 bits per heavy atom. The highest BCUT2D eigenvalue weighted by molar-refractivity contribution is 8.00. The zero-order valence-corrected chi connectivity index (χ0v) is 14.6. The SMILES string of the molecule is O=C(CCCCC1SC[C@@H]2NC(=O)N[C@H]12)NCCc1ccccc1. The Kier molecular flexibility index (Phi) is 6.01. The first-order chi connectivity index (χ1) is 11.7. The van der Waals surface area contributed by atoms with Crippen molar-refractivity contribution in [3.63, 3.8) is 0 Å². The summed E-state index contributed by atoms with van der Waals surface area (Å²) in [4.78, 5) is 23.2. The van der Waals surface area contributed by atoms with Gasteiger partial charge in [0.1, 0.15) is 0 Å². The van der Waals surface area contributed by atoms with Gasteiger partial charge >= 0.3 is 6.03 Å². The highest BCUT2D eigenvalue weighted by atomic mass is 32.2. The van der Waals surface area contributed by atoms with E-state index in [1.54, 1.807) is 0 Å². The molecule has 24 heavy (non-hydrogen) atoms. The van der Waals surface area contributed by atoms with Crippen LogP contribution in [0.2, 0.25) is 0 Å². The summed E-state index contributed by atoms with van der Waals surface area (Å²) < 4.78 is 0. The smallest absolute Gasteiger partial charge is 0.315 e. The fourth-order valence-electron chi connectivity index (χ4n) is 3.35. The summed E-state index contributed by atoms with van der Waals surface area (Å²) in [6.07, 6.45) is 4.47. The number of rotatable bonds is 8. The second-order valence-electron chi connectivity index (χ2n) is 6.45. The third-order valence-electron chi connectivity index (χ3n) is 4.66. The number of unbranched alkanes of at least 4 members (excludes halogenated alkanes) is 1. The summed E-state index contributed by atoms with van der Waals surface area (Å²) >= 11 is 1.93. The lowest BCUT2D eigenvalue weighted by Crippen LogP contribution is -2.36. The van der Waals surface area contributed by atoms with E-state index in [4.69, 9.17) is 0 Å². The molecule has 2 aliphatic rings. The Balaban J connectivity index is 1.25. The monoisotopic (exact) mass is 347 g/mol. The normalized spacial score (nSPS) is 25.0. The van der Waals surface area contributed by atoms with E-state index in [0.717, 1.165) is 31.4 Å². The van der Waals surface area contributed by atoms with Crippen LogP contribution in [0.5, 0.6) is 0 Å². The maximum Gasteiger partial charge on any atom is 0.315 e. The van der Waals surface area contributed by atoms with Crippen molar-refractivity contribution in [3.05, 3.63) is 35.9 Å². The minimum atomic E-state index is -0.0342. The Morgan fingerprint density at radius 3 is 2.88 bits per heavy atom. The van der Waals surface area contributed by atoms with Gasteiger partial charge in [0.05, 0.1) is 12.1 Å². The van der Waals surface area contributed by atoms with Crippen LogP contribution in [0.25, 0.3) is 0 Å². The van der Waals surface area contributed by atoms with Crippen molar-refractivity contribution in [3.8, 4) is 0 Å². The van der Waals surface area contributed by atoms with Crippen LogP contribution in [-0.2, 0) is 11.2 Å². The molecule has 0 saturated carbocycles. The van der Waals surface area contributed by atoms with Gasteiger partial charge in [-0.15, -0.1) is 0 Å². The minimum absolute atomic E-state index is 0.0342. The van der Waals surface area contributed by atoms with Gasteiger partial charge in [-0.25, -0.2) is 4.79 Å². The summed E-state index contributed by atoms with van der Waals surface area (Å²) in [5.41, 5.74) is 1.25. The van der Waals surface area contributed by atoms with Crippen LogP contribution in [-0.4, -0.2) is 41.6 Å². The molecule has 2 heterocycles. The van der Waals surface area contributed by atoms with Crippen LogP contribution < -0.4 is 16.0 Å². The van der Waals surface area contributed by atoms with Gasteiger partial charge in [0.2, 0.25) is 5.91 Å². The number of urea groups is 1. The topological polar surface area (TPSA) is 70.2 Å². The number of hydrogen-bond donors (Lipinski definition) is 3. The Hall–Kier alpha value is -1.69. The van der Waals surface area contributed by atoms with Crippen LogP contribution in [0.15, 0.2) is 30.3 Å². The van der Waals surface area contributed by atoms with Gasteiger partial charge in [0.25, 0.3) is 0 Å². The summed E-state index contributed by atoms with van der Waals surface area (Å²) in [7, 11) is 0. The lowest BCUT2D eigenvalue weighted by molar-refractivity contribution is -0.121. The molecule has 0 bridgehead atoms. The van der Waals surface area contributed by atoms with E-state index in [1.807, 2.05) is 30.0 Å². The van der Waals surface area contributed by atoms with Gasteiger partial charge in [-0.2, -0.15) is 11.8 Å². The van der Waals surface area contributed by atoms with E-state index in [0.29, 0.717) is 18.2 Å². The average Bonchev–Trinajstić information content (AvgIpc) is 3.12. The Morgan fingerprint density at radius 1 is 1.21 bits per heavy atom. The molecule has 5 nitrogen and oxygen atoms in total. The van der Waals surface area contributed by atoms with Crippen molar-refractivity contribution < 1.29 is 9.59 Å². The predicted octanol–water partition coefficient (Wildman–Crippen LogP) is 2.07. The van der Waals surface area contributed by atoms with Crippen LogP contribution in [0.3, 0.4) is 0 Å². The fourth-order valence-corrected chi connectivity index (χ4v) is 4.90. The highest BCUT2D eigenvalue weighted by Gasteiger charge is 2.42. The van der Waals surface area contributed by atoms with Crippen LogP contribution in [0.1, 0.15) is 31.2 Å². The number of carbonyl (C=O) groups excluding carboxylic acids is 2. The molecular weight excluding hydrogens is 322 g/mol. The van der Waals surface area contributed by atoms with Gasteiger partial charge in [-0.3, -0.25) is 4.79 Å². The van der Waals surface area contributed by atoms with Gasteiger partial charge in [-0.1, -0.05) is 36.8 Å². The number of amides is 3. The van der Waals surface area contributed by atoms with Crippen molar-refractivity contribution in [2.75, 3.05) is 12.3 Å². The minimum Gasteiger partial charge on any atom is -0.356 e. The molecule has 1 aromatic rings. The van der Waals surface area contributed by atoms with Crippen LogP contribution in [0, 0.1) is 0 Å². The predicted molar refractivity (Wildman–Crippen MR) is 97.1 cm³/mol. The summed E-state index contributed by atoms with van der Waals surface area (Å²) in [6.45, 7) is 0.697. The van der Waals surface area contributed by atoms with Crippen molar-refractivity contribution in [2.24, 2.45) is 0 Å². The van der Waals surface area contributed by atoms with E-state index >= 15 is 0 Å². The first-order valence-electron chi connectivity index (χ1n) is 8.71. The van der Waals surface area contributed by atoms with E-state index in [-0.39, 0.29) is 24.0 Å². The Bertz CT molecular complexity index is 567. The molecule has 2 saturated heterocycles. The van der Waals surface area contributed by atoms with Crippen molar-refractivity contribution in [2.45, 2.75) is 49.4 Å². The number of thioether (sulfide) groups is 1. The molecule has 130 valence electrons. The van der Waals surface area contributed by atoms with Gasteiger partial charge in [-0.05, 0) is 24.8 Å². The van der Waals surface area contributed by atoms with Crippen molar-refractivity contribution >= 4 is 23.7 Å². The third kappa shape index (κ3) is 4.66. The fraction of sp³-hybridized carbons (Fsp3) is 0.556. The standard InChI is InChI=1S/C18H25N3O2S/c22-16(19-11-10-13-6-2-1-3-7-13)9-5-4-8-15-17-14(12-24-15)20-18(23)21-17/h1-3,6-7,14-15,17H,4-5,8-12H2,(H,19,22)(H2,20,21,23)/t14-,15?,17-/m0/s1. The van der Waals surface area contributed by atoms with E-state index in [9.17, 15) is 9.59 Å². The molecule has 1 aromatic carbocycles. The van der Waals surface area contributed by atoms with Crippen LogP contribution >= 0.6 is 11.8 Å². The molecule has 3 atom stereocenters. The molecule has 0 aromatic heterocycles. The second kappa shape index (κ2) is 8.42. The zero-order valence-electron chi connectivity index (χ0n) is 13.8. The first kappa shape index (κ1) is 17.1. The summed E-state index contributed by atoms with van der Waals surface area (Å²) in [5.74, 6) is 1.13. The molecule has 1 unspecified atom stereocenters. The quantitative estimate of drug-likeness (QED) is 0.498. The molecule has 6 heteroatoms. The highest BCUT2D eigenvalue weighted by Crippen LogP contribution is 2.33. The average molecular weight is 347 g/mol. The van der Waals surface area contributed by atoms with Crippen molar-refractivity contribution in [1.82, 2.24) is 16.0 Å².